The van der Waals surface area contributed by atoms with E-state index in [1.54, 1.807) is 25.1 Å². The minimum atomic E-state index is -0.791. The lowest BCUT2D eigenvalue weighted by atomic mass is 10.2. The highest BCUT2D eigenvalue weighted by Crippen LogP contribution is 2.23. The van der Waals surface area contributed by atoms with Gasteiger partial charge < -0.3 is 4.74 Å². The van der Waals surface area contributed by atoms with Crippen molar-refractivity contribution in [3.05, 3.63) is 29.8 Å². The molecule has 0 unspecified atom stereocenters. The molecule has 6 nitrogen and oxygen atoms in total. The minimum Gasteiger partial charge on any atom is -0.491 e. The quantitative estimate of drug-likeness (QED) is 0.612. The molecule has 1 fully saturated rings. The Kier molecular flexibility index (Phi) is 4.26. The maximum absolute atomic E-state index is 12.1. The molecule has 0 aromatic heterocycles. The van der Waals surface area contributed by atoms with Crippen LogP contribution in [0.15, 0.2) is 24.3 Å². The van der Waals surface area contributed by atoms with Gasteiger partial charge in [0.1, 0.15) is 5.75 Å². The van der Waals surface area contributed by atoms with E-state index in [0.717, 1.165) is 9.80 Å². The van der Waals surface area contributed by atoms with Crippen LogP contribution in [-0.2, 0) is 16.1 Å². The van der Waals surface area contributed by atoms with Crippen molar-refractivity contribution in [1.82, 2.24) is 9.80 Å². The van der Waals surface area contributed by atoms with Crippen LogP contribution in [0, 0.1) is 0 Å². The van der Waals surface area contributed by atoms with Crippen LogP contribution in [0.25, 0.3) is 0 Å². The maximum atomic E-state index is 12.1. The van der Waals surface area contributed by atoms with Crippen LogP contribution >= 0.6 is 0 Å². The Morgan fingerprint density at radius 1 is 1.05 bits per heavy atom. The van der Waals surface area contributed by atoms with Crippen molar-refractivity contribution >= 4 is 17.8 Å². The number of ether oxygens (including phenoxy) is 1. The minimum absolute atomic E-state index is 0.0232. The molecule has 1 aromatic rings. The summed E-state index contributed by atoms with van der Waals surface area (Å²) in [6, 6.07) is 6.59. The third kappa shape index (κ3) is 2.89. The van der Waals surface area contributed by atoms with Gasteiger partial charge in [0.25, 0.3) is 0 Å². The van der Waals surface area contributed by atoms with E-state index >= 15 is 0 Å². The second kappa shape index (κ2) is 5.95. The van der Waals surface area contributed by atoms with Gasteiger partial charge in [-0.15, -0.1) is 0 Å². The van der Waals surface area contributed by atoms with Gasteiger partial charge in [-0.25, -0.2) is 4.79 Å². The van der Waals surface area contributed by atoms with Crippen LogP contribution in [0.2, 0.25) is 0 Å². The normalized spacial score (nSPS) is 15.3. The summed E-state index contributed by atoms with van der Waals surface area (Å²) in [5.74, 6) is -0.957. The summed E-state index contributed by atoms with van der Waals surface area (Å²) in [6.45, 7) is 5.66. The second-order valence-electron chi connectivity index (χ2n) is 5.00. The molecule has 0 N–H and O–H groups in total. The van der Waals surface area contributed by atoms with Crippen LogP contribution in [0.4, 0.5) is 4.79 Å². The number of likely N-dealkylation sites (N-methyl/N-ethyl adjacent to an activating group) is 1. The second-order valence-corrected chi connectivity index (χ2v) is 5.00. The van der Waals surface area contributed by atoms with Crippen molar-refractivity contribution in [2.75, 3.05) is 6.54 Å². The molecular formula is C15H18N2O4. The van der Waals surface area contributed by atoms with Gasteiger partial charge >= 0.3 is 17.8 Å². The van der Waals surface area contributed by atoms with E-state index in [9.17, 15) is 14.4 Å². The zero-order chi connectivity index (χ0) is 15.6. The molecule has 0 saturated carbocycles. The number of hydrogen-bond donors (Lipinski definition) is 0. The summed E-state index contributed by atoms with van der Waals surface area (Å²) in [5.41, 5.74) is 0.693. The van der Waals surface area contributed by atoms with Crippen molar-refractivity contribution in [2.45, 2.75) is 33.4 Å². The van der Waals surface area contributed by atoms with Gasteiger partial charge in [0.2, 0.25) is 0 Å². The fourth-order valence-corrected chi connectivity index (χ4v) is 2.14. The highest BCUT2D eigenvalue weighted by molar-refractivity contribution is 6.44. The zero-order valence-electron chi connectivity index (χ0n) is 12.3. The number of amides is 4. The Bertz CT molecular complexity index is 583. The Balaban J connectivity index is 2.24. The van der Waals surface area contributed by atoms with Crippen molar-refractivity contribution in [3.8, 4) is 5.75 Å². The fourth-order valence-electron chi connectivity index (χ4n) is 2.14. The summed E-state index contributed by atoms with van der Waals surface area (Å²) in [6.07, 6.45) is -0.0232. The van der Waals surface area contributed by atoms with E-state index in [-0.39, 0.29) is 19.2 Å². The van der Waals surface area contributed by atoms with Crippen molar-refractivity contribution in [1.29, 1.82) is 0 Å². The first-order chi connectivity index (χ1) is 9.95. The molecule has 0 radical (unpaired) electrons. The first kappa shape index (κ1) is 15.0. The van der Waals surface area contributed by atoms with Crippen LogP contribution in [0.3, 0.4) is 0 Å². The van der Waals surface area contributed by atoms with Crippen LogP contribution in [-0.4, -0.2) is 40.3 Å². The zero-order valence-corrected chi connectivity index (χ0v) is 12.3. The summed E-state index contributed by atoms with van der Waals surface area (Å²) < 4.78 is 5.66. The van der Waals surface area contributed by atoms with Crippen molar-refractivity contribution in [3.63, 3.8) is 0 Å². The van der Waals surface area contributed by atoms with Gasteiger partial charge in [-0.05, 0) is 26.8 Å². The molecule has 0 atom stereocenters. The van der Waals surface area contributed by atoms with E-state index in [0.29, 0.717) is 11.3 Å². The van der Waals surface area contributed by atoms with Crippen molar-refractivity contribution in [2.24, 2.45) is 0 Å². The Morgan fingerprint density at radius 2 is 1.67 bits per heavy atom. The molecule has 2 rings (SSSR count). The summed E-state index contributed by atoms with van der Waals surface area (Å²) in [5, 5.41) is 0. The monoisotopic (exact) mass is 290 g/mol. The molecule has 1 heterocycles. The van der Waals surface area contributed by atoms with Crippen LogP contribution in [0.5, 0.6) is 5.75 Å². The summed E-state index contributed by atoms with van der Waals surface area (Å²) in [7, 11) is 0. The van der Waals surface area contributed by atoms with E-state index in [1.165, 1.54) is 0 Å². The van der Waals surface area contributed by atoms with Crippen LogP contribution < -0.4 is 4.74 Å². The molecule has 1 aromatic carbocycles. The molecule has 4 amide bonds. The highest BCUT2D eigenvalue weighted by Gasteiger charge is 2.43. The average Bonchev–Trinajstić information content (AvgIpc) is 2.64. The van der Waals surface area contributed by atoms with Gasteiger partial charge in [-0.3, -0.25) is 19.4 Å². The Labute approximate surface area is 123 Å². The smallest absolute Gasteiger partial charge is 0.334 e. The number of carbonyl (C=O) groups is 3. The molecule has 21 heavy (non-hydrogen) atoms. The number of nitrogens with zero attached hydrogens (tertiary/aromatic N) is 2. The lowest BCUT2D eigenvalue weighted by Gasteiger charge is -2.18. The van der Waals surface area contributed by atoms with Crippen LogP contribution in [0.1, 0.15) is 26.3 Å². The topological polar surface area (TPSA) is 66.9 Å². The number of imide groups is 2. The highest BCUT2D eigenvalue weighted by atomic mass is 16.5. The molecule has 0 bridgehead atoms. The van der Waals surface area contributed by atoms with E-state index in [4.69, 9.17) is 4.74 Å². The predicted molar refractivity (Wildman–Crippen MR) is 75.5 cm³/mol. The van der Waals surface area contributed by atoms with Gasteiger partial charge in [-0.2, -0.15) is 0 Å². The number of carbonyl (C=O) groups excluding carboxylic acids is 3. The number of rotatable bonds is 5. The fraction of sp³-hybridized carbons (Fsp3) is 0.400. The molecule has 1 aliphatic heterocycles. The standard InChI is InChI=1S/C15H18N2O4/c1-4-16-13(18)14(19)17(15(16)20)9-11-7-5-6-8-12(11)21-10(2)3/h5-8,10H,4,9H2,1-3H3. The number of para-hydroxylation sites is 1. The van der Waals surface area contributed by atoms with E-state index < -0.39 is 17.8 Å². The Morgan fingerprint density at radius 3 is 2.24 bits per heavy atom. The van der Waals surface area contributed by atoms with Crippen molar-refractivity contribution < 1.29 is 19.1 Å². The predicted octanol–water partition coefficient (Wildman–Crippen LogP) is 1.78. The van der Waals surface area contributed by atoms with Gasteiger partial charge in [0, 0.05) is 12.1 Å². The van der Waals surface area contributed by atoms with E-state index in [2.05, 4.69) is 0 Å². The molecule has 6 heteroatoms. The molecule has 0 aliphatic carbocycles. The summed E-state index contributed by atoms with van der Waals surface area (Å²) in [4.78, 5) is 37.5. The average molecular weight is 290 g/mol. The van der Waals surface area contributed by atoms with Gasteiger partial charge in [0.15, 0.2) is 0 Å². The maximum Gasteiger partial charge on any atom is 0.334 e. The number of urea groups is 1. The SMILES string of the molecule is CCN1C(=O)C(=O)N(Cc2ccccc2OC(C)C)C1=O. The molecule has 112 valence electrons. The molecule has 1 aliphatic rings. The third-order valence-electron chi connectivity index (χ3n) is 3.12. The first-order valence-electron chi connectivity index (χ1n) is 6.87. The van der Waals surface area contributed by atoms with E-state index in [1.807, 2.05) is 19.9 Å². The largest absolute Gasteiger partial charge is 0.491 e. The molecular weight excluding hydrogens is 272 g/mol. The lowest BCUT2D eigenvalue weighted by Crippen LogP contribution is -2.33. The van der Waals surface area contributed by atoms with Gasteiger partial charge in [-0.1, -0.05) is 18.2 Å². The number of benzene rings is 1. The molecule has 1 saturated heterocycles. The third-order valence-corrected chi connectivity index (χ3v) is 3.12. The first-order valence-corrected chi connectivity index (χ1v) is 6.87. The lowest BCUT2D eigenvalue weighted by molar-refractivity contribution is -0.143. The summed E-state index contributed by atoms with van der Waals surface area (Å²) >= 11 is 0. The Hall–Kier alpha value is -2.37. The van der Waals surface area contributed by atoms with Gasteiger partial charge in [0.05, 0.1) is 12.6 Å². The molecule has 0 spiro atoms. The number of hydrogen-bond acceptors (Lipinski definition) is 4.